The Balaban J connectivity index is 1.70. The van der Waals surface area contributed by atoms with Crippen LogP contribution in [0.5, 0.6) is 5.75 Å². The molecule has 2 aromatic heterocycles. The lowest BCUT2D eigenvalue weighted by Gasteiger charge is -2.03. The van der Waals surface area contributed by atoms with Crippen LogP contribution in [0.4, 0.5) is 0 Å². The third-order valence-electron chi connectivity index (χ3n) is 3.96. The number of fused-ring (bicyclic) bond motifs is 2. The topological polar surface area (TPSA) is 75.2 Å². The van der Waals surface area contributed by atoms with Crippen LogP contribution in [0.3, 0.4) is 0 Å². The summed E-state index contributed by atoms with van der Waals surface area (Å²) in [6, 6.07) is 9.62. The van der Waals surface area contributed by atoms with E-state index in [1.165, 1.54) is 23.4 Å². The summed E-state index contributed by atoms with van der Waals surface area (Å²) < 4.78 is 5.51. The van der Waals surface area contributed by atoms with E-state index in [-0.39, 0.29) is 5.56 Å². The smallest absolute Gasteiger partial charge is 0.337 e. The fraction of sp³-hybridized carbons (Fsp3) is 0.176. The zero-order valence-corrected chi connectivity index (χ0v) is 11.8. The fourth-order valence-corrected chi connectivity index (χ4v) is 2.92. The van der Waals surface area contributed by atoms with Gasteiger partial charge in [0.25, 0.3) is 0 Å². The van der Waals surface area contributed by atoms with Gasteiger partial charge in [-0.15, -0.1) is 0 Å². The first kappa shape index (κ1) is 12.9. The largest absolute Gasteiger partial charge is 0.493 e. The number of rotatable bonds is 3. The Hall–Kier alpha value is -2.82. The maximum Gasteiger partial charge on any atom is 0.337 e. The van der Waals surface area contributed by atoms with Crippen LogP contribution < -0.4 is 4.74 Å². The molecule has 1 aromatic carbocycles. The summed E-state index contributed by atoms with van der Waals surface area (Å²) in [6.07, 6.45) is 3.18. The van der Waals surface area contributed by atoms with Crippen LogP contribution >= 0.6 is 0 Å². The zero-order chi connectivity index (χ0) is 15.1. The van der Waals surface area contributed by atoms with Crippen molar-refractivity contribution < 1.29 is 14.6 Å². The average Bonchev–Trinajstić information content (AvgIpc) is 3.11. The summed E-state index contributed by atoms with van der Waals surface area (Å²) in [5.41, 5.74) is 4.87. The number of pyridine rings is 1. The van der Waals surface area contributed by atoms with Crippen molar-refractivity contribution in [1.82, 2.24) is 9.97 Å². The Bertz CT molecular complexity index is 883. The molecular formula is C17H14N2O3. The van der Waals surface area contributed by atoms with E-state index in [0.29, 0.717) is 17.5 Å². The number of benzene rings is 1. The molecule has 0 unspecified atom stereocenters. The van der Waals surface area contributed by atoms with E-state index in [1.54, 1.807) is 0 Å². The summed E-state index contributed by atoms with van der Waals surface area (Å²) in [5, 5.41) is 9.23. The van der Waals surface area contributed by atoms with Crippen LogP contribution in [-0.2, 0) is 12.8 Å². The van der Waals surface area contributed by atoms with Gasteiger partial charge in [0.1, 0.15) is 5.75 Å². The minimum absolute atomic E-state index is 0.249. The number of hydrogen-bond acceptors (Lipinski definition) is 3. The van der Waals surface area contributed by atoms with Crippen LogP contribution in [0.2, 0.25) is 0 Å². The highest BCUT2D eigenvalue weighted by Crippen LogP contribution is 2.27. The fourth-order valence-electron chi connectivity index (χ4n) is 2.92. The lowest BCUT2D eigenvalue weighted by Crippen LogP contribution is -1.98. The molecule has 0 bridgehead atoms. The molecular weight excluding hydrogens is 280 g/mol. The third-order valence-corrected chi connectivity index (χ3v) is 3.96. The lowest BCUT2D eigenvalue weighted by molar-refractivity contribution is 0.0698. The number of nitrogens with one attached hydrogen (secondary N) is 1. The molecule has 0 atom stereocenters. The molecule has 0 fully saturated rings. The average molecular weight is 294 g/mol. The molecule has 0 saturated heterocycles. The first-order valence-electron chi connectivity index (χ1n) is 7.15. The van der Waals surface area contributed by atoms with Crippen molar-refractivity contribution in [3.05, 3.63) is 58.9 Å². The van der Waals surface area contributed by atoms with Crippen molar-refractivity contribution in [2.45, 2.75) is 12.8 Å². The minimum atomic E-state index is -0.949. The molecule has 2 N–H and O–H groups in total. The molecule has 5 nitrogen and oxygen atoms in total. The predicted molar refractivity (Wildman–Crippen MR) is 81.5 cm³/mol. The number of carboxylic acids is 1. The number of carboxylic acid groups (broad SMARTS) is 1. The van der Waals surface area contributed by atoms with Crippen LogP contribution in [0, 0.1) is 0 Å². The van der Waals surface area contributed by atoms with Crippen LogP contribution in [0.15, 0.2) is 36.5 Å². The lowest BCUT2D eigenvalue weighted by atomic mass is 10.1. The first-order valence-corrected chi connectivity index (χ1v) is 7.15. The van der Waals surface area contributed by atoms with Gasteiger partial charge in [0, 0.05) is 24.7 Å². The van der Waals surface area contributed by atoms with Gasteiger partial charge >= 0.3 is 5.97 Å². The third kappa shape index (κ3) is 2.11. The second-order valence-electron chi connectivity index (χ2n) is 5.44. The van der Waals surface area contributed by atoms with Crippen LogP contribution in [0.1, 0.15) is 27.2 Å². The minimum Gasteiger partial charge on any atom is -0.493 e. The van der Waals surface area contributed by atoms with E-state index in [4.69, 9.17) is 4.74 Å². The van der Waals surface area contributed by atoms with Crippen molar-refractivity contribution >= 4 is 17.0 Å². The standard InChI is InChI=1S/C17H14N2O3/c20-17(21)13-3-5-18-14-9-12(19-16(13)14)8-10-1-2-15-11(7-10)4-6-22-15/h1-3,5,7,9,19H,4,6,8H2,(H,20,21). The molecule has 3 aromatic rings. The molecule has 0 radical (unpaired) electrons. The van der Waals surface area contributed by atoms with Crippen molar-refractivity contribution in [3.8, 4) is 5.75 Å². The van der Waals surface area contributed by atoms with Gasteiger partial charge in [-0.05, 0) is 29.3 Å². The Morgan fingerprint density at radius 2 is 2.23 bits per heavy atom. The molecule has 110 valence electrons. The number of H-pyrrole nitrogens is 1. The van der Waals surface area contributed by atoms with Crippen molar-refractivity contribution in [2.24, 2.45) is 0 Å². The van der Waals surface area contributed by atoms with Gasteiger partial charge < -0.3 is 14.8 Å². The highest BCUT2D eigenvalue weighted by atomic mass is 16.5. The summed E-state index contributed by atoms with van der Waals surface area (Å²) in [7, 11) is 0. The van der Waals surface area contributed by atoms with E-state index in [0.717, 1.165) is 24.5 Å². The van der Waals surface area contributed by atoms with Crippen molar-refractivity contribution in [2.75, 3.05) is 6.61 Å². The summed E-state index contributed by atoms with van der Waals surface area (Å²) in [5.74, 6) is 0.0192. The molecule has 0 aliphatic carbocycles. The Morgan fingerprint density at radius 1 is 1.32 bits per heavy atom. The molecule has 5 heteroatoms. The summed E-state index contributed by atoms with van der Waals surface area (Å²) in [4.78, 5) is 18.7. The molecule has 0 amide bonds. The Morgan fingerprint density at radius 3 is 3.09 bits per heavy atom. The molecule has 3 heterocycles. The van der Waals surface area contributed by atoms with Crippen LogP contribution in [0.25, 0.3) is 11.0 Å². The van der Waals surface area contributed by atoms with Gasteiger partial charge in [0.2, 0.25) is 0 Å². The van der Waals surface area contributed by atoms with Gasteiger partial charge in [0.15, 0.2) is 0 Å². The van der Waals surface area contributed by atoms with Gasteiger partial charge in [-0.3, -0.25) is 4.98 Å². The number of aromatic carboxylic acids is 1. The quantitative estimate of drug-likeness (QED) is 0.779. The van der Waals surface area contributed by atoms with Crippen molar-refractivity contribution in [1.29, 1.82) is 0 Å². The highest BCUT2D eigenvalue weighted by molar-refractivity contribution is 6.00. The molecule has 0 saturated carbocycles. The van der Waals surface area contributed by atoms with E-state index < -0.39 is 5.97 Å². The first-order chi connectivity index (χ1) is 10.7. The molecule has 4 rings (SSSR count). The number of hydrogen-bond donors (Lipinski definition) is 2. The van der Waals surface area contributed by atoms with E-state index in [1.807, 2.05) is 18.2 Å². The van der Waals surface area contributed by atoms with E-state index >= 15 is 0 Å². The monoisotopic (exact) mass is 294 g/mol. The van der Waals surface area contributed by atoms with E-state index in [2.05, 4.69) is 16.0 Å². The molecule has 0 spiro atoms. The normalized spacial score (nSPS) is 13.1. The maximum atomic E-state index is 11.2. The van der Waals surface area contributed by atoms with E-state index in [9.17, 15) is 9.90 Å². The zero-order valence-electron chi connectivity index (χ0n) is 11.8. The van der Waals surface area contributed by atoms with Crippen LogP contribution in [-0.4, -0.2) is 27.7 Å². The number of carbonyl (C=O) groups is 1. The number of nitrogens with zero attached hydrogens (tertiary/aromatic N) is 1. The predicted octanol–water partition coefficient (Wildman–Crippen LogP) is 2.79. The van der Waals surface area contributed by atoms with Gasteiger partial charge in [-0.2, -0.15) is 0 Å². The van der Waals surface area contributed by atoms with Gasteiger partial charge in [0.05, 0.1) is 23.2 Å². The Kier molecular flexibility index (Phi) is 2.85. The molecule has 1 aliphatic heterocycles. The maximum absolute atomic E-state index is 11.2. The number of aromatic amines is 1. The number of ether oxygens (including phenoxy) is 1. The SMILES string of the molecule is O=C(O)c1ccnc2cc(Cc3ccc4c(c3)CCO4)[nH]c12. The van der Waals surface area contributed by atoms with Gasteiger partial charge in [-0.25, -0.2) is 4.79 Å². The van der Waals surface area contributed by atoms with Crippen molar-refractivity contribution in [3.63, 3.8) is 0 Å². The second kappa shape index (κ2) is 4.87. The summed E-state index contributed by atoms with van der Waals surface area (Å²) in [6.45, 7) is 0.747. The molecule has 22 heavy (non-hydrogen) atoms. The highest BCUT2D eigenvalue weighted by Gasteiger charge is 2.14. The Labute approximate surface area is 126 Å². The van der Waals surface area contributed by atoms with Gasteiger partial charge in [-0.1, -0.05) is 12.1 Å². The second-order valence-corrected chi connectivity index (χ2v) is 5.44. The molecule has 1 aliphatic rings. The summed E-state index contributed by atoms with van der Waals surface area (Å²) >= 11 is 0. The number of aromatic nitrogens is 2.